The Labute approximate surface area is 122 Å². The second-order valence-corrected chi connectivity index (χ2v) is 5.13. The van der Waals surface area contributed by atoms with E-state index >= 15 is 0 Å². The van der Waals surface area contributed by atoms with Gasteiger partial charge in [-0.1, -0.05) is 19.9 Å². The van der Waals surface area contributed by atoms with Gasteiger partial charge >= 0.3 is 0 Å². The van der Waals surface area contributed by atoms with Gasteiger partial charge in [0.2, 0.25) is 0 Å². The fourth-order valence-corrected chi connectivity index (χ4v) is 1.65. The molecule has 1 aromatic rings. The Balaban J connectivity index is 2.78. The first-order valence-corrected chi connectivity index (χ1v) is 7.34. The van der Waals surface area contributed by atoms with Gasteiger partial charge in [-0.25, -0.2) is 0 Å². The van der Waals surface area contributed by atoms with Crippen LogP contribution in [0.5, 0.6) is 11.5 Å². The van der Waals surface area contributed by atoms with Gasteiger partial charge in [-0.15, -0.1) is 0 Å². The van der Waals surface area contributed by atoms with Crippen LogP contribution in [0.3, 0.4) is 0 Å². The average molecular weight is 281 g/mol. The van der Waals surface area contributed by atoms with E-state index in [2.05, 4.69) is 12.2 Å². The third-order valence-electron chi connectivity index (χ3n) is 3.19. The molecular weight excluding hydrogens is 254 g/mol. The van der Waals surface area contributed by atoms with Gasteiger partial charge in [-0.3, -0.25) is 0 Å². The zero-order chi connectivity index (χ0) is 15.0. The fraction of sp³-hybridized carbons (Fsp3) is 0.625. The van der Waals surface area contributed by atoms with Crippen molar-refractivity contribution < 1.29 is 14.6 Å². The van der Waals surface area contributed by atoms with Gasteiger partial charge in [-0.05, 0) is 44.5 Å². The largest absolute Gasteiger partial charge is 0.490 e. The van der Waals surface area contributed by atoms with Crippen molar-refractivity contribution in [3.63, 3.8) is 0 Å². The Kier molecular flexibility index (Phi) is 6.82. The molecule has 4 heteroatoms. The molecule has 0 aliphatic rings. The Hall–Kier alpha value is -1.26. The van der Waals surface area contributed by atoms with E-state index in [1.54, 1.807) is 6.92 Å². The number of hydrogen-bond donors (Lipinski definition) is 2. The first kappa shape index (κ1) is 16.8. The van der Waals surface area contributed by atoms with Crippen molar-refractivity contribution in [1.29, 1.82) is 0 Å². The Morgan fingerprint density at radius 1 is 1.15 bits per heavy atom. The van der Waals surface area contributed by atoms with Crippen LogP contribution >= 0.6 is 0 Å². The number of nitrogens with one attached hydrogen (secondary N) is 1. The molecule has 0 bridgehead atoms. The normalized spacial score (nSPS) is 13.8. The molecule has 0 aliphatic carbocycles. The van der Waals surface area contributed by atoms with E-state index in [9.17, 15) is 5.11 Å². The highest BCUT2D eigenvalue weighted by molar-refractivity contribution is 5.43. The van der Waals surface area contributed by atoms with Crippen LogP contribution in [0.25, 0.3) is 0 Å². The minimum Gasteiger partial charge on any atom is -0.490 e. The van der Waals surface area contributed by atoms with Crippen molar-refractivity contribution in [3.05, 3.63) is 23.8 Å². The van der Waals surface area contributed by atoms with Crippen molar-refractivity contribution in [3.8, 4) is 11.5 Å². The van der Waals surface area contributed by atoms with Crippen molar-refractivity contribution in [2.45, 2.75) is 46.3 Å². The minimum absolute atomic E-state index is 0.260. The van der Waals surface area contributed by atoms with Gasteiger partial charge < -0.3 is 19.9 Å². The smallest absolute Gasteiger partial charge is 0.161 e. The lowest BCUT2D eigenvalue weighted by molar-refractivity contribution is 0.00761. The molecular formula is C16H27NO3. The zero-order valence-corrected chi connectivity index (χ0v) is 13.0. The first-order valence-electron chi connectivity index (χ1n) is 7.34. The van der Waals surface area contributed by atoms with Crippen molar-refractivity contribution >= 4 is 0 Å². The summed E-state index contributed by atoms with van der Waals surface area (Å²) in [4.78, 5) is 0. The van der Waals surface area contributed by atoms with Gasteiger partial charge in [0, 0.05) is 6.54 Å². The molecule has 1 rings (SSSR count). The molecule has 20 heavy (non-hydrogen) atoms. The maximum absolute atomic E-state index is 10.0. The molecule has 114 valence electrons. The molecule has 0 radical (unpaired) electrons. The lowest BCUT2D eigenvalue weighted by Crippen LogP contribution is -2.31. The molecule has 1 atom stereocenters. The minimum atomic E-state index is -0.814. The van der Waals surface area contributed by atoms with Gasteiger partial charge in [0.25, 0.3) is 0 Å². The molecule has 1 aromatic carbocycles. The highest BCUT2D eigenvalue weighted by Crippen LogP contribution is 2.29. The van der Waals surface area contributed by atoms with E-state index in [0.717, 1.165) is 24.4 Å². The summed E-state index contributed by atoms with van der Waals surface area (Å²) >= 11 is 0. The predicted octanol–water partition coefficient (Wildman–Crippen LogP) is 2.73. The van der Waals surface area contributed by atoms with Crippen molar-refractivity contribution in [1.82, 2.24) is 5.32 Å². The lowest BCUT2D eigenvalue weighted by Gasteiger charge is -2.22. The van der Waals surface area contributed by atoms with Gasteiger partial charge in [-0.2, -0.15) is 0 Å². The second kappa shape index (κ2) is 8.12. The first-order chi connectivity index (χ1) is 9.52. The van der Waals surface area contributed by atoms with Crippen molar-refractivity contribution in [2.24, 2.45) is 0 Å². The Bertz CT molecular complexity index is 405. The Morgan fingerprint density at radius 3 is 2.50 bits per heavy atom. The summed E-state index contributed by atoms with van der Waals surface area (Å²) in [5.41, 5.74) is 0.344. The zero-order valence-electron chi connectivity index (χ0n) is 13.0. The molecule has 4 nitrogen and oxygen atoms in total. The summed E-state index contributed by atoms with van der Waals surface area (Å²) in [7, 11) is 0. The summed E-state index contributed by atoms with van der Waals surface area (Å²) in [5, 5.41) is 13.3. The standard InChI is InChI=1S/C16H27NO3/c1-5-16(4,18)12-20-14-9-8-13(11-17-6-2)10-15(14)19-7-3/h8-10,17-18H,5-7,11-12H2,1-4H3. The number of hydrogen-bond acceptors (Lipinski definition) is 4. The predicted molar refractivity (Wildman–Crippen MR) is 81.4 cm³/mol. The molecule has 0 amide bonds. The van der Waals surface area contributed by atoms with Crippen LogP contribution in [0.15, 0.2) is 18.2 Å². The second-order valence-electron chi connectivity index (χ2n) is 5.13. The fourth-order valence-electron chi connectivity index (χ4n) is 1.65. The summed E-state index contributed by atoms with van der Waals surface area (Å²) in [6, 6.07) is 5.91. The number of benzene rings is 1. The number of rotatable bonds is 9. The van der Waals surface area contributed by atoms with Crippen LogP contribution in [-0.4, -0.2) is 30.5 Å². The van der Waals surface area contributed by atoms with E-state index in [4.69, 9.17) is 9.47 Å². The third kappa shape index (κ3) is 5.39. The highest BCUT2D eigenvalue weighted by atomic mass is 16.5. The van der Waals surface area contributed by atoms with E-state index in [1.165, 1.54) is 0 Å². The van der Waals surface area contributed by atoms with Crippen LogP contribution in [0.1, 0.15) is 39.7 Å². The van der Waals surface area contributed by atoms with Crippen LogP contribution < -0.4 is 14.8 Å². The molecule has 0 saturated heterocycles. The quantitative estimate of drug-likeness (QED) is 0.731. The monoisotopic (exact) mass is 281 g/mol. The molecule has 0 saturated carbocycles. The Morgan fingerprint density at radius 2 is 1.90 bits per heavy atom. The molecule has 0 heterocycles. The SMILES string of the molecule is CCNCc1ccc(OCC(C)(O)CC)c(OCC)c1. The third-order valence-corrected chi connectivity index (χ3v) is 3.19. The van der Waals surface area contributed by atoms with Crippen LogP contribution in [0, 0.1) is 0 Å². The van der Waals surface area contributed by atoms with E-state index in [0.29, 0.717) is 18.8 Å². The molecule has 2 N–H and O–H groups in total. The van der Waals surface area contributed by atoms with Gasteiger partial charge in [0.1, 0.15) is 6.61 Å². The van der Waals surface area contributed by atoms with Crippen molar-refractivity contribution in [2.75, 3.05) is 19.8 Å². The average Bonchev–Trinajstić information content (AvgIpc) is 2.44. The molecule has 1 unspecified atom stereocenters. The topological polar surface area (TPSA) is 50.7 Å². The van der Waals surface area contributed by atoms with Gasteiger partial charge in [0.05, 0.1) is 12.2 Å². The maximum atomic E-state index is 10.0. The van der Waals surface area contributed by atoms with E-state index in [-0.39, 0.29) is 6.61 Å². The summed E-state index contributed by atoms with van der Waals surface area (Å²) < 4.78 is 11.3. The van der Waals surface area contributed by atoms with Crippen LogP contribution in [0.4, 0.5) is 0 Å². The summed E-state index contributed by atoms with van der Waals surface area (Å²) in [5.74, 6) is 1.41. The highest BCUT2D eigenvalue weighted by Gasteiger charge is 2.19. The molecule has 0 aliphatic heterocycles. The van der Waals surface area contributed by atoms with E-state index < -0.39 is 5.60 Å². The molecule has 0 fully saturated rings. The lowest BCUT2D eigenvalue weighted by atomic mass is 10.1. The van der Waals surface area contributed by atoms with Gasteiger partial charge in [0.15, 0.2) is 11.5 Å². The van der Waals surface area contributed by atoms with Crippen LogP contribution in [0.2, 0.25) is 0 Å². The summed E-state index contributed by atoms with van der Waals surface area (Å²) in [6.07, 6.45) is 0.648. The molecule has 0 spiro atoms. The van der Waals surface area contributed by atoms with Crippen LogP contribution in [-0.2, 0) is 6.54 Å². The van der Waals surface area contributed by atoms with E-state index in [1.807, 2.05) is 32.0 Å². The molecule has 0 aromatic heterocycles. The summed E-state index contributed by atoms with van der Waals surface area (Å²) in [6.45, 7) is 10.3. The maximum Gasteiger partial charge on any atom is 0.161 e. The number of ether oxygens (including phenoxy) is 2. The number of aliphatic hydroxyl groups is 1.